The Morgan fingerprint density at radius 2 is 1.79 bits per heavy atom. The first-order valence-corrected chi connectivity index (χ1v) is 10.4. The van der Waals surface area contributed by atoms with Gasteiger partial charge in [-0.2, -0.15) is 0 Å². The van der Waals surface area contributed by atoms with Gasteiger partial charge in [-0.25, -0.2) is 4.79 Å². The monoisotopic (exact) mass is 455 g/mol. The average Bonchev–Trinajstić information content (AvgIpc) is 3.19. The molecular weight excluding hydrogens is 434 g/mol. The van der Waals surface area contributed by atoms with Crippen molar-refractivity contribution < 1.29 is 9.53 Å². The molecule has 0 N–H and O–H groups in total. The first-order valence-electron chi connectivity index (χ1n) is 9.56. The van der Waals surface area contributed by atoms with Crippen LogP contribution in [0.2, 0.25) is 0 Å². The van der Waals surface area contributed by atoms with E-state index in [1.54, 1.807) is 16.1 Å². The van der Waals surface area contributed by atoms with Crippen LogP contribution >= 0.6 is 15.9 Å². The second-order valence-electron chi connectivity index (χ2n) is 6.99. The third-order valence-corrected chi connectivity index (χ3v) is 5.61. The fourth-order valence-corrected chi connectivity index (χ4v) is 4.28. The van der Waals surface area contributed by atoms with Crippen LogP contribution in [0.1, 0.15) is 18.9 Å². The molecule has 0 aliphatic carbocycles. The van der Waals surface area contributed by atoms with Gasteiger partial charge in [0.1, 0.15) is 0 Å². The highest BCUT2D eigenvalue weighted by molar-refractivity contribution is 9.10. The number of hydrogen-bond donors (Lipinski definition) is 0. The normalized spacial score (nSPS) is 11.4. The van der Waals surface area contributed by atoms with E-state index in [-0.39, 0.29) is 18.1 Å². The smallest absolute Gasteiger partial charge is 0.329 e. The van der Waals surface area contributed by atoms with Crippen molar-refractivity contribution in [3.05, 3.63) is 69.2 Å². The van der Waals surface area contributed by atoms with Crippen LogP contribution in [0.15, 0.2) is 57.9 Å². The molecule has 4 rings (SSSR count). The number of nitrogens with zero attached hydrogens (tertiary/aromatic N) is 3. The van der Waals surface area contributed by atoms with Crippen molar-refractivity contribution in [1.82, 2.24) is 13.7 Å². The summed E-state index contributed by atoms with van der Waals surface area (Å²) >= 11 is 3.59. The van der Waals surface area contributed by atoms with Crippen LogP contribution in [0.25, 0.3) is 21.9 Å². The van der Waals surface area contributed by atoms with Gasteiger partial charge in [0.15, 0.2) is 0 Å². The fourth-order valence-electron chi connectivity index (χ4n) is 3.79. The SMILES string of the molecule is CCOC(=O)CCn1c(=O)n(Cc2cc(Br)cc3c2ccn3C)c2ccccc21. The summed E-state index contributed by atoms with van der Waals surface area (Å²) in [7, 11) is 2.01. The molecule has 0 unspecified atom stereocenters. The van der Waals surface area contributed by atoms with Gasteiger partial charge in [0.2, 0.25) is 0 Å². The number of benzene rings is 2. The van der Waals surface area contributed by atoms with Crippen molar-refractivity contribution in [2.45, 2.75) is 26.4 Å². The van der Waals surface area contributed by atoms with E-state index >= 15 is 0 Å². The molecule has 0 saturated carbocycles. The van der Waals surface area contributed by atoms with Crippen molar-refractivity contribution in [3.8, 4) is 0 Å². The molecule has 2 aromatic heterocycles. The highest BCUT2D eigenvalue weighted by Gasteiger charge is 2.16. The number of esters is 1. The molecule has 0 aliphatic rings. The number of hydrogen-bond acceptors (Lipinski definition) is 3. The summed E-state index contributed by atoms with van der Waals surface area (Å²) in [4.78, 5) is 25.0. The summed E-state index contributed by atoms with van der Waals surface area (Å²) in [6.07, 6.45) is 2.19. The summed E-state index contributed by atoms with van der Waals surface area (Å²) in [5.74, 6) is -0.297. The molecule has 6 nitrogen and oxygen atoms in total. The third kappa shape index (κ3) is 3.62. The minimum atomic E-state index is -0.297. The number of ether oxygens (including phenoxy) is 1. The van der Waals surface area contributed by atoms with E-state index in [4.69, 9.17) is 4.74 Å². The lowest BCUT2D eigenvalue weighted by Crippen LogP contribution is -2.26. The second-order valence-corrected chi connectivity index (χ2v) is 7.90. The Morgan fingerprint density at radius 3 is 2.52 bits per heavy atom. The van der Waals surface area contributed by atoms with Crippen LogP contribution in [0, 0.1) is 0 Å². The Bertz CT molecular complexity index is 1270. The number of para-hydroxylation sites is 2. The predicted octanol–water partition coefficient (Wildman–Crippen LogP) is 4.06. The van der Waals surface area contributed by atoms with E-state index < -0.39 is 0 Å². The zero-order valence-corrected chi connectivity index (χ0v) is 18.0. The zero-order chi connectivity index (χ0) is 20.5. The fraction of sp³-hybridized carbons (Fsp3) is 0.273. The van der Waals surface area contributed by atoms with Gasteiger partial charge in [-0.15, -0.1) is 0 Å². The topological polar surface area (TPSA) is 58.2 Å². The number of carbonyl (C=O) groups excluding carboxylic acids is 1. The van der Waals surface area contributed by atoms with E-state index in [1.165, 1.54) is 0 Å². The van der Waals surface area contributed by atoms with Gasteiger partial charge >= 0.3 is 11.7 Å². The number of aryl methyl sites for hydroxylation is 2. The molecule has 0 bridgehead atoms. The van der Waals surface area contributed by atoms with Gasteiger partial charge in [0.25, 0.3) is 0 Å². The van der Waals surface area contributed by atoms with Crippen LogP contribution < -0.4 is 5.69 Å². The summed E-state index contributed by atoms with van der Waals surface area (Å²) in [6, 6.07) is 13.9. The maximum Gasteiger partial charge on any atom is 0.329 e. The lowest BCUT2D eigenvalue weighted by Gasteiger charge is -2.08. The number of rotatable bonds is 6. The Balaban J connectivity index is 1.78. The summed E-state index contributed by atoms with van der Waals surface area (Å²) in [5, 5.41) is 1.12. The summed E-state index contributed by atoms with van der Waals surface area (Å²) < 4.78 is 11.5. The van der Waals surface area contributed by atoms with Gasteiger partial charge in [0.05, 0.1) is 30.6 Å². The molecule has 4 aromatic rings. The Labute approximate surface area is 176 Å². The first-order chi connectivity index (χ1) is 14.0. The Hall–Kier alpha value is -2.80. The molecule has 0 fully saturated rings. The highest BCUT2D eigenvalue weighted by atomic mass is 79.9. The Kier molecular flexibility index (Phi) is 5.32. The van der Waals surface area contributed by atoms with Crippen LogP contribution in [0.3, 0.4) is 0 Å². The van der Waals surface area contributed by atoms with E-state index in [9.17, 15) is 9.59 Å². The number of halogens is 1. The summed E-state index contributed by atoms with van der Waals surface area (Å²) in [6.45, 7) is 2.86. The van der Waals surface area contributed by atoms with Crippen LogP contribution in [-0.4, -0.2) is 26.3 Å². The van der Waals surface area contributed by atoms with E-state index in [1.807, 2.05) is 37.5 Å². The molecule has 0 radical (unpaired) electrons. The maximum absolute atomic E-state index is 13.2. The standard InChI is InChI=1S/C22H22BrN3O3/c1-3-29-21(27)9-11-25-18-6-4-5-7-19(18)26(22(25)28)14-15-12-16(23)13-20-17(15)8-10-24(20)2/h4-8,10,12-13H,3,9,11,14H2,1-2H3. The van der Waals surface area contributed by atoms with Crippen LogP contribution in [0.4, 0.5) is 0 Å². The molecular formula is C22H22BrN3O3. The lowest BCUT2D eigenvalue weighted by atomic mass is 10.1. The molecule has 0 amide bonds. The molecule has 2 aromatic carbocycles. The van der Waals surface area contributed by atoms with Gasteiger partial charge in [-0.1, -0.05) is 28.1 Å². The number of imidazole rings is 1. The number of carbonyl (C=O) groups is 1. The van der Waals surface area contributed by atoms with Crippen molar-refractivity contribution in [3.63, 3.8) is 0 Å². The van der Waals surface area contributed by atoms with Crippen LogP contribution in [-0.2, 0) is 29.7 Å². The summed E-state index contributed by atoms with van der Waals surface area (Å²) in [5.41, 5.74) is 3.71. The first kappa shape index (κ1) is 19.5. The zero-order valence-electron chi connectivity index (χ0n) is 16.4. The predicted molar refractivity (Wildman–Crippen MR) is 117 cm³/mol. The largest absolute Gasteiger partial charge is 0.466 e. The van der Waals surface area contributed by atoms with Crippen molar-refractivity contribution >= 4 is 43.8 Å². The van der Waals surface area contributed by atoms with Gasteiger partial charge in [-0.05, 0) is 42.8 Å². The molecule has 29 heavy (non-hydrogen) atoms. The molecule has 150 valence electrons. The highest BCUT2D eigenvalue weighted by Crippen LogP contribution is 2.26. The van der Waals surface area contributed by atoms with Gasteiger partial charge in [-0.3, -0.25) is 13.9 Å². The van der Waals surface area contributed by atoms with Crippen molar-refractivity contribution in [1.29, 1.82) is 0 Å². The number of aromatic nitrogens is 3. The third-order valence-electron chi connectivity index (χ3n) is 5.15. The van der Waals surface area contributed by atoms with Crippen molar-refractivity contribution in [2.75, 3.05) is 6.61 Å². The van der Waals surface area contributed by atoms with Gasteiger partial charge in [0, 0.05) is 35.2 Å². The van der Waals surface area contributed by atoms with Gasteiger partial charge < -0.3 is 9.30 Å². The average molecular weight is 456 g/mol. The Morgan fingerprint density at radius 1 is 1.07 bits per heavy atom. The lowest BCUT2D eigenvalue weighted by molar-refractivity contribution is -0.143. The number of fused-ring (bicyclic) bond motifs is 2. The second kappa shape index (κ2) is 7.91. The molecule has 7 heteroatoms. The molecule has 2 heterocycles. The minimum Gasteiger partial charge on any atom is -0.466 e. The molecule has 0 aliphatic heterocycles. The molecule has 0 spiro atoms. The van der Waals surface area contributed by atoms with Crippen LogP contribution in [0.5, 0.6) is 0 Å². The quantitative estimate of drug-likeness (QED) is 0.412. The van der Waals surface area contributed by atoms with E-state index in [0.717, 1.165) is 32.0 Å². The van der Waals surface area contributed by atoms with E-state index in [2.05, 4.69) is 38.7 Å². The minimum absolute atomic E-state index is 0.125. The molecule has 0 saturated heterocycles. The van der Waals surface area contributed by atoms with E-state index in [0.29, 0.717) is 19.7 Å². The van der Waals surface area contributed by atoms with Crippen molar-refractivity contribution in [2.24, 2.45) is 7.05 Å². The molecule has 0 atom stereocenters. The maximum atomic E-state index is 13.2.